The summed E-state index contributed by atoms with van der Waals surface area (Å²) in [6.07, 6.45) is 18.0. The van der Waals surface area contributed by atoms with E-state index in [0.29, 0.717) is 0 Å². The topological polar surface area (TPSA) is 0 Å². The molecule has 0 bridgehead atoms. The van der Waals surface area contributed by atoms with E-state index in [0.717, 1.165) is 0 Å². The van der Waals surface area contributed by atoms with Crippen LogP contribution in [0.15, 0.2) is 18.2 Å². The molecule has 0 atom stereocenters. The van der Waals surface area contributed by atoms with E-state index in [-0.39, 0.29) is 0 Å². The van der Waals surface area contributed by atoms with E-state index >= 15 is 0 Å². The maximum atomic E-state index is 5.23. The Bertz CT molecular complexity index is 133. The fraction of sp³-hybridized carbons (Fsp3) is 0.714. The van der Waals surface area contributed by atoms with E-state index < -0.39 is 0 Å². The van der Waals surface area contributed by atoms with Crippen LogP contribution in [-0.2, 0) is 0 Å². The Hall–Kier alpha value is -0.520. The lowest BCUT2D eigenvalue weighted by Gasteiger charge is -1.99. The molecule has 0 heteroatoms. The van der Waals surface area contributed by atoms with Gasteiger partial charge in [-0.1, -0.05) is 76.7 Å². The zero-order valence-corrected chi connectivity index (χ0v) is 9.67. The first-order valence-electron chi connectivity index (χ1n) is 6.12. The Balaban J connectivity index is 2.91. The summed E-state index contributed by atoms with van der Waals surface area (Å²) in [5.41, 5.74) is 0. The lowest BCUT2D eigenvalue weighted by atomic mass is 10.1. The number of hydrogen-bond acceptors (Lipinski definition) is 0. The molecule has 14 heavy (non-hydrogen) atoms. The Kier molecular flexibility index (Phi) is 12.0. The summed E-state index contributed by atoms with van der Waals surface area (Å²) in [4.78, 5) is 0. The van der Waals surface area contributed by atoms with Crippen LogP contribution in [0.5, 0.6) is 0 Å². The molecule has 0 aromatic heterocycles. The number of hydrogen-bond donors (Lipinski definition) is 0. The van der Waals surface area contributed by atoms with Gasteiger partial charge in [0, 0.05) is 0 Å². The average molecular weight is 193 g/mol. The molecule has 0 nitrogen and oxygen atoms in total. The van der Waals surface area contributed by atoms with Crippen LogP contribution in [0.25, 0.3) is 0 Å². The molecule has 0 fully saturated rings. The van der Waals surface area contributed by atoms with Crippen LogP contribution in [0.4, 0.5) is 0 Å². The number of unbranched alkanes of at least 4 members (excludes halogenated alkanes) is 8. The summed E-state index contributed by atoms with van der Waals surface area (Å²) in [5.74, 6) is 0. The van der Waals surface area contributed by atoms with Gasteiger partial charge in [-0.15, -0.1) is 0 Å². The molecule has 0 heterocycles. The minimum Gasteiger partial charge on any atom is -0.0845 e. The lowest BCUT2D eigenvalue weighted by Crippen LogP contribution is -1.79. The Morgan fingerprint density at radius 3 is 2.00 bits per heavy atom. The molecule has 0 aromatic rings. The lowest BCUT2D eigenvalue weighted by molar-refractivity contribution is 0.577. The van der Waals surface area contributed by atoms with Gasteiger partial charge in [0.15, 0.2) is 0 Å². The molecule has 0 aromatic carbocycles. The van der Waals surface area contributed by atoms with E-state index in [4.69, 9.17) is 6.58 Å². The highest BCUT2D eigenvalue weighted by molar-refractivity contribution is 4.95. The Labute approximate surface area is 90.1 Å². The quantitative estimate of drug-likeness (QED) is 0.336. The molecule has 0 spiro atoms. The zero-order chi connectivity index (χ0) is 10.5. The summed E-state index contributed by atoms with van der Waals surface area (Å²) in [5, 5.41) is 0. The molecule has 0 unspecified atom stereocenters. The summed E-state index contributed by atoms with van der Waals surface area (Å²) in [6, 6.07) is 0. The second kappa shape index (κ2) is 12.5. The van der Waals surface area contributed by atoms with Gasteiger partial charge in [-0.05, 0) is 12.8 Å². The van der Waals surface area contributed by atoms with Gasteiger partial charge in [0.05, 0.1) is 0 Å². The third-order valence-electron chi connectivity index (χ3n) is 2.47. The molecule has 0 rings (SSSR count). The van der Waals surface area contributed by atoms with Gasteiger partial charge in [0.1, 0.15) is 0 Å². The Morgan fingerprint density at radius 2 is 1.43 bits per heavy atom. The van der Waals surface area contributed by atoms with Gasteiger partial charge in [-0.3, -0.25) is 0 Å². The van der Waals surface area contributed by atoms with Crippen LogP contribution in [0.1, 0.15) is 64.7 Å². The molecule has 81 valence electrons. The van der Waals surface area contributed by atoms with Crippen LogP contribution >= 0.6 is 0 Å². The van der Waals surface area contributed by atoms with Crippen LogP contribution < -0.4 is 0 Å². The molecular weight excluding hydrogens is 168 g/mol. The van der Waals surface area contributed by atoms with Crippen molar-refractivity contribution in [2.75, 3.05) is 0 Å². The van der Waals surface area contributed by atoms with Crippen LogP contribution in [0.2, 0.25) is 0 Å². The van der Waals surface area contributed by atoms with Gasteiger partial charge >= 0.3 is 0 Å². The molecule has 0 aliphatic heterocycles. The highest BCUT2D eigenvalue weighted by Crippen LogP contribution is 2.09. The first-order chi connectivity index (χ1) is 6.91. The first-order valence-corrected chi connectivity index (χ1v) is 6.12. The van der Waals surface area contributed by atoms with Crippen molar-refractivity contribution in [3.63, 3.8) is 0 Å². The van der Waals surface area contributed by atoms with E-state index in [9.17, 15) is 0 Å². The Morgan fingerprint density at radius 1 is 0.857 bits per heavy atom. The third kappa shape index (κ3) is 11.5. The summed E-state index contributed by atoms with van der Waals surface area (Å²) in [7, 11) is 0. The van der Waals surface area contributed by atoms with Gasteiger partial charge in [0.25, 0.3) is 0 Å². The minimum absolute atomic E-state index is 1.18. The highest BCUT2D eigenvalue weighted by atomic mass is 14.0. The van der Waals surface area contributed by atoms with Crippen LogP contribution in [-0.4, -0.2) is 0 Å². The van der Waals surface area contributed by atoms with Crippen molar-refractivity contribution in [3.8, 4) is 0 Å². The van der Waals surface area contributed by atoms with Crippen LogP contribution in [0, 0.1) is 6.58 Å². The minimum atomic E-state index is 1.18. The van der Waals surface area contributed by atoms with E-state index in [2.05, 4.69) is 13.0 Å². The smallest absolute Gasteiger partial charge is 0.0348 e. The van der Waals surface area contributed by atoms with Crippen molar-refractivity contribution in [2.45, 2.75) is 64.7 Å². The predicted molar refractivity (Wildman–Crippen MR) is 65.2 cm³/mol. The summed E-state index contributed by atoms with van der Waals surface area (Å²) in [6.45, 7) is 7.49. The fourth-order valence-electron chi connectivity index (χ4n) is 1.57. The van der Waals surface area contributed by atoms with E-state index in [1.54, 1.807) is 6.08 Å². The normalized spacial score (nSPS) is 10.9. The zero-order valence-electron chi connectivity index (χ0n) is 9.67. The van der Waals surface area contributed by atoms with Crippen molar-refractivity contribution in [2.24, 2.45) is 0 Å². The first kappa shape index (κ1) is 13.5. The fourth-order valence-corrected chi connectivity index (χ4v) is 1.57. The maximum Gasteiger partial charge on any atom is -0.0348 e. The van der Waals surface area contributed by atoms with Crippen molar-refractivity contribution in [3.05, 3.63) is 24.8 Å². The summed E-state index contributed by atoms with van der Waals surface area (Å²) < 4.78 is 0. The SMILES string of the molecule is [CH]=C/C=C/CCCCCCCCCC. The molecule has 0 aliphatic carbocycles. The molecule has 0 amide bonds. The second-order valence-electron chi connectivity index (χ2n) is 3.88. The molecule has 0 saturated carbocycles. The molecule has 0 aliphatic rings. The highest BCUT2D eigenvalue weighted by Gasteiger charge is 1.89. The van der Waals surface area contributed by atoms with Gasteiger partial charge in [-0.2, -0.15) is 0 Å². The standard InChI is InChI=1S/C14H25/c1-3-5-7-9-11-13-14-12-10-8-6-4-2/h1,3,5,7H,4,6,8-14H2,2H3/b3-1?,7-5+. The third-order valence-corrected chi connectivity index (χ3v) is 2.47. The molecule has 0 saturated heterocycles. The van der Waals surface area contributed by atoms with Crippen molar-refractivity contribution < 1.29 is 0 Å². The molecule has 1 radical (unpaired) electrons. The second-order valence-corrected chi connectivity index (χ2v) is 3.88. The average Bonchev–Trinajstić information content (AvgIpc) is 2.21. The largest absolute Gasteiger partial charge is 0.0845 e. The maximum absolute atomic E-state index is 5.23. The van der Waals surface area contributed by atoms with E-state index in [1.165, 1.54) is 57.8 Å². The summed E-state index contributed by atoms with van der Waals surface area (Å²) >= 11 is 0. The van der Waals surface area contributed by atoms with Crippen LogP contribution in [0.3, 0.4) is 0 Å². The molecular formula is C14H25. The van der Waals surface area contributed by atoms with Crippen molar-refractivity contribution in [1.29, 1.82) is 0 Å². The van der Waals surface area contributed by atoms with E-state index in [1.807, 2.05) is 6.08 Å². The van der Waals surface area contributed by atoms with Crippen molar-refractivity contribution in [1.82, 2.24) is 0 Å². The van der Waals surface area contributed by atoms with Crippen molar-refractivity contribution >= 4 is 0 Å². The predicted octanol–water partition coefficient (Wildman–Crippen LogP) is 5.06. The van der Waals surface area contributed by atoms with Gasteiger partial charge in [0.2, 0.25) is 0 Å². The number of allylic oxidation sites excluding steroid dienone is 3. The monoisotopic (exact) mass is 193 g/mol. The van der Waals surface area contributed by atoms with Gasteiger partial charge < -0.3 is 0 Å². The number of rotatable bonds is 10. The van der Waals surface area contributed by atoms with Gasteiger partial charge in [-0.25, -0.2) is 0 Å². The molecule has 0 N–H and O–H groups in total.